The minimum atomic E-state index is -1.28. The molecule has 0 aliphatic carbocycles. The van der Waals surface area contributed by atoms with E-state index in [1.54, 1.807) is 6.07 Å². The zero-order valence-electron chi connectivity index (χ0n) is 10.6. The molecule has 1 N–H and O–H groups in total. The summed E-state index contributed by atoms with van der Waals surface area (Å²) in [6, 6.07) is 5.41. The Hall–Kier alpha value is -1.71. The van der Waals surface area contributed by atoms with Crippen LogP contribution in [0, 0.1) is 6.92 Å². The Bertz CT molecular complexity index is 410. The van der Waals surface area contributed by atoms with Gasteiger partial charge in [-0.05, 0) is 45.4 Å². The molecule has 0 heterocycles. The van der Waals surface area contributed by atoms with E-state index in [1.807, 2.05) is 26.0 Å². The van der Waals surface area contributed by atoms with Crippen LogP contribution in [0.5, 0.6) is 11.5 Å². The average molecular weight is 238 g/mol. The molecule has 1 rings (SSSR count). The molecule has 0 bridgehead atoms. The van der Waals surface area contributed by atoms with Gasteiger partial charge in [-0.25, -0.2) is 4.79 Å². The van der Waals surface area contributed by atoms with Gasteiger partial charge >= 0.3 is 5.97 Å². The van der Waals surface area contributed by atoms with Crippen molar-refractivity contribution in [1.29, 1.82) is 0 Å². The van der Waals surface area contributed by atoms with Gasteiger partial charge in [0, 0.05) is 0 Å². The average Bonchev–Trinajstić information content (AvgIpc) is 2.22. The number of carboxylic acid groups (broad SMARTS) is 1. The van der Waals surface area contributed by atoms with E-state index in [4.69, 9.17) is 14.6 Å². The van der Waals surface area contributed by atoms with E-state index in [1.165, 1.54) is 13.8 Å². The molecule has 94 valence electrons. The molecular formula is C13H18O4. The standard InChI is InChI=1S/C13H18O4/c1-5-16-11-8-9(2)6-7-10(11)17-13(3,4)12(14)15/h6-8H,5H2,1-4H3,(H,14,15). The number of hydrogen-bond acceptors (Lipinski definition) is 3. The lowest BCUT2D eigenvalue weighted by atomic mass is 10.1. The van der Waals surface area contributed by atoms with E-state index < -0.39 is 11.6 Å². The SMILES string of the molecule is CCOc1cc(C)ccc1OC(C)(C)C(=O)O. The highest BCUT2D eigenvalue weighted by molar-refractivity contribution is 5.77. The summed E-state index contributed by atoms with van der Waals surface area (Å²) in [4.78, 5) is 11.0. The lowest BCUT2D eigenvalue weighted by Crippen LogP contribution is -2.38. The normalized spacial score (nSPS) is 11.1. The minimum Gasteiger partial charge on any atom is -0.490 e. The molecule has 1 aromatic carbocycles. The van der Waals surface area contributed by atoms with E-state index >= 15 is 0 Å². The van der Waals surface area contributed by atoms with Gasteiger partial charge in [0.05, 0.1) is 6.61 Å². The van der Waals surface area contributed by atoms with Crippen LogP contribution in [0.25, 0.3) is 0 Å². The third-order valence-electron chi connectivity index (χ3n) is 2.28. The lowest BCUT2D eigenvalue weighted by Gasteiger charge is -2.23. The Kier molecular flexibility index (Phi) is 3.99. The lowest BCUT2D eigenvalue weighted by molar-refractivity contribution is -0.152. The smallest absolute Gasteiger partial charge is 0.347 e. The topological polar surface area (TPSA) is 55.8 Å². The van der Waals surface area contributed by atoms with Crippen LogP contribution in [-0.2, 0) is 4.79 Å². The fourth-order valence-electron chi connectivity index (χ4n) is 1.29. The van der Waals surface area contributed by atoms with Crippen LogP contribution in [0.1, 0.15) is 26.3 Å². The second-order valence-electron chi connectivity index (χ2n) is 4.30. The van der Waals surface area contributed by atoms with Crippen LogP contribution in [0.15, 0.2) is 18.2 Å². The molecule has 0 amide bonds. The van der Waals surface area contributed by atoms with E-state index in [-0.39, 0.29) is 0 Å². The first kappa shape index (κ1) is 13.4. The number of carbonyl (C=O) groups is 1. The Morgan fingerprint density at radius 2 is 2.00 bits per heavy atom. The Morgan fingerprint density at radius 1 is 1.35 bits per heavy atom. The Labute approximate surface area is 101 Å². The second-order valence-corrected chi connectivity index (χ2v) is 4.30. The molecular weight excluding hydrogens is 220 g/mol. The van der Waals surface area contributed by atoms with Crippen molar-refractivity contribution in [3.05, 3.63) is 23.8 Å². The summed E-state index contributed by atoms with van der Waals surface area (Å²) in [5, 5.41) is 9.01. The maximum absolute atomic E-state index is 11.0. The zero-order valence-corrected chi connectivity index (χ0v) is 10.6. The number of carboxylic acids is 1. The first-order valence-electron chi connectivity index (χ1n) is 5.52. The van der Waals surface area contributed by atoms with Crippen LogP contribution in [0.3, 0.4) is 0 Å². The molecule has 4 nitrogen and oxygen atoms in total. The van der Waals surface area contributed by atoms with Crippen LogP contribution in [-0.4, -0.2) is 23.3 Å². The van der Waals surface area contributed by atoms with Crippen molar-refractivity contribution < 1.29 is 19.4 Å². The van der Waals surface area contributed by atoms with Gasteiger partial charge in [-0.15, -0.1) is 0 Å². The summed E-state index contributed by atoms with van der Waals surface area (Å²) in [7, 11) is 0. The third kappa shape index (κ3) is 3.37. The minimum absolute atomic E-state index is 0.449. The second kappa shape index (κ2) is 5.08. The van der Waals surface area contributed by atoms with Crippen molar-refractivity contribution in [1.82, 2.24) is 0 Å². The highest BCUT2D eigenvalue weighted by Gasteiger charge is 2.30. The van der Waals surface area contributed by atoms with Gasteiger partial charge in [-0.1, -0.05) is 6.07 Å². The number of hydrogen-bond donors (Lipinski definition) is 1. The van der Waals surface area contributed by atoms with Crippen molar-refractivity contribution >= 4 is 5.97 Å². The van der Waals surface area contributed by atoms with E-state index in [0.717, 1.165) is 5.56 Å². The summed E-state index contributed by atoms with van der Waals surface area (Å²) in [6.45, 7) is 7.33. The number of rotatable bonds is 5. The largest absolute Gasteiger partial charge is 0.490 e. The molecule has 0 saturated carbocycles. The number of aliphatic carboxylic acids is 1. The maximum Gasteiger partial charge on any atom is 0.347 e. The maximum atomic E-state index is 11.0. The Morgan fingerprint density at radius 3 is 2.53 bits per heavy atom. The predicted molar refractivity (Wildman–Crippen MR) is 64.7 cm³/mol. The van der Waals surface area contributed by atoms with Crippen molar-refractivity contribution in [3.63, 3.8) is 0 Å². The number of benzene rings is 1. The van der Waals surface area contributed by atoms with Gasteiger partial charge in [0.1, 0.15) is 0 Å². The fraction of sp³-hybridized carbons (Fsp3) is 0.462. The summed E-state index contributed by atoms with van der Waals surface area (Å²) >= 11 is 0. The summed E-state index contributed by atoms with van der Waals surface area (Å²) < 4.78 is 10.9. The fourth-order valence-corrected chi connectivity index (χ4v) is 1.29. The molecule has 4 heteroatoms. The van der Waals surface area contributed by atoms with Gasteiger partial charge in [0.15, 0.2) is 17.1 Å². The zero-order chi connectivity index (χ0) is 13.1. The number of aryl methyl sites for hydroxylation is 1. The first-order valence-corrected chi connectivity index (χ1v) is 5.52. The molecule has 0 spiro atoms. The molecule has 0 saturated heterocycles. The van der Waals surface area contributed by atoms with Crippen LogP contribution in [0.2, 0.25) is 0 Å². The highest BCUT2D eigenvalue weighted by Crippen LogP contribution is 2.31. The van der Waals surface area contributed by atoms with Gasteiger partial charge in [-0.2, -0.15) is 0 Å². The van der Waals surface area contributed by atoms with E-state index in [2.05, 4.69) is 0 Å². The summed E-state index contributed by atoms with van der Waals surface area (Å²) in [5.74, 6) is 0.00667. The van der Waals surface area contributed by atoms with Gasteiger partial charge in [0.2, 0.25) is 0 Å². The summed E-state index contributed by atoms with van der Waals surface area (Å²) in [5.41, 5.74) is -0.241. The first-order chi connectivity index (χ1) is 7.86. The van der Waals surface area contributed by atoms with Gasteiger partial charge in [-0.3, -0.25) is 0 Å². The molecule has 0 aliphatic heterocycles. The molecule has 0 unspecified atom stereocenters. The predicted octanol–water partition coefficient (Wildman–Crippen LogP) is 2.64. The van der Waals surface area contributed by atoms with Gasteiger partial charge < -0.3 is 14.6 Å². The molecule has 0 aromatic heterocycles. The molecule has 17 heavy (non-hydrogen) atoms. The monoisotopic (exact) mass is 238 g/mol. The van der Waals surface area contributed by atoms with Crippen molar-refractivity contribution in [2.45, 2.75) is 33.3 Å². The van der Waals surface area contributed by atoms with Gasteiger partial charge in [0.25, 0.3) is 0 Å². The molecule has 0 radical (unpaired) electrons. The molecule has 0 aliphatic rings. The summed E-state index contributed by atoms with van der Waals surface area (Å²) in [6.07, 6.45) is 0. The number of ether oxygens (including phenoxy) is 2. The molecule has 0 atom stereocenters. The van der Waals surface area contributed by atoms with Crippen molar-refractivity contribution in [3.8, 4) is 11.5 Å². The van der Waals surface area contributed by atoms with Crippen molar-refractivity contribution in [2.75, 3.05) is 6.61 Å². The third-order valence-corrected chi connectivity index (χ3v) is 2.28. The van der Waals surface area contributed by atoms with Crippen LogP contribution >= 0.6 is 0 Å². The molecule has 0 fully saturated rings. The molecule has 1 aromatic rings. The quantitative estimate of drug-likeness (QED) is 0.856. The van der Waals surface area contributed by atoms with Crippen molar-refractivity contribution in [2.24, 2.45) is 0 Å². The van der Waals surface area contributed by atoms with Crippen LogP contribution in [0.4, 0.5) is 0 Å². The Balaban J connectivity index is 3.01. The van der Waals surface area contributed by atoms with Crippen LogP contribution < -0.4 is 9.47 Å². The highest BCUT2D eigenvalue weighted by atomic mass is 16.5. The van der Waals surface area contributed by atoms with E-state index in [0.29, 0.717) is 18.1 Å². The van der Waals surface area contributed by atoms with E-state index in [9.17, 15) is 4.79 Å².